The van der Waals surface area contributed by atoms with Crippen molar-refractivity contribution < 1.29 is 13.9 Å². The number of H-pyrrole nitrogens is 1. The van der Waals surface area contributed by atoms with Gasteiger partial charge in [0.2, 0.25) is 0 Å². The Bertz CT molecular complexity index is 799. The van der Waals surface area contributed by atoms with Gasteiger partial charge in [-0.3, -0.25) is 9.89 Å². The lowest BCUT2D eigenvalue weighted by Gasteiger charge is -2.09. The van der Waals surface area contributed by atoms with Crippen LogP contribution in [0.25, 0.3) is 0 Å². The first-order valence-corrected chi connectivity index (χ1v) is 8.04. The van der Waals surface area contributed by atoms with Gasteiger partial charge >= 0.3 is 0 Å². The van der Waals surface area contributed by atoms with E-state index in [2.05, 4.69) is 36.4 Å². The molecule has 0 saturated heterocycles. The van der Waals surface area contributed by atoms with Crippen LogP contribution in [0.15, 0.2) is 51.6 Å². The summed E-state index contributed by atoms with van der Waals surface area (Å²) < 4.78 is 12.1. The molecule has 0 aliphatic heterocycles. The zero-order chi connectivity index (χ0) is 16.9. The highest BCUT2D eigenvalue weighted by atomic mass is 79.9. The molecule has 0 unspecified atom stereocenters. The van der Waals surface area contributed by atoms with Crippen LogP contribution < -0.4 is 10.1 Å². The Morgan fingerprint density at radius 2 is 2.12 bits per heavy atom. The van der Waals surface area contributed by atoms with Crippen molar-refractivity contribution in [2.24, 2.45) is 0 Å². The number of carbonyl (C=O) groups is 1. The fraction of sp³-hybridized carbons (Fsp3) is 0.188. The van der Waals surface area contributed by atoms with Crippen LogP contribution in [0.3, 0.4) is 0 Å². The topological polar surface area (TPSA) is 93.0 Å². The summed E-state index contributed by atoms with van der Waals surface area (Å²) in [5, 5.41) is 9.25. The molecule has 24 heavy (non-hydrogen) atoms. The van der Waals surface area contributed by atoms with E-state index in [4.69, 9.17) is 9.15 Å². The monoisotopic (exact) mass is 390 g/mol. The van der Waals surface area contributed by atoms with Crippen molar-refractivity contribution in [3.05, 3.63) is 64.5 Å². The highest BCUT2D eigenvalue weighted by Gasteiger charge is 2.16. The van der Waals surface area contributed by atoms with Gasteiger partial charge in [0.05, 0.1) is 6.04 Å². The van der Waals surface area contributed by atoms with Crippen molar-refractivity contribution in [2.75, 3.05) is 0 Å². The normalized spacial score (nSPS) is 11.9. The number of hydrogen-bond donors (Lipinski definition) is 2. The van der Waals surface area contributed by atoms with E-state index in [1.807, 2.05) is 24.3 Å². The van der Waals surface area contributed by atoms with Gasteiger partial charge in [-0.05, 0) is 43.3 Å². The average molecular weight is 391 g/mol. The molecule has 0 spiro atoms. The molecule has 1 atom stereocenters. The van der Waals surface area contributed by atoms with Gasteiger partial charge in [-0.2, -0.15) is 5.10 Å². The minimum Gasteiger partial charge on any atom is -0.486 e. The van der Waals surface area contributed by atoms with Crippen LogP contribution in [0.2, 0.25) is 0 Å². The van der Waals surface area contributed by atoms with Gasteiger partial charge in [-0.1, -0.05) is 15.9 Å². The Morgan fingerprint density at radius 3 is 2.83 bits per heavy atom. The first-order valence-electron chi connectivity index (χ1n) is 7.25. The molecule has 0 radical (unpaired) electrons. The maximum Gasteiger partial charge on any atom is 0.287 e. The van der Waals surface area contributed by atoms with Crippen molar-refractivity contribution in [2.45, 2.75) is 19.6 Å². The molecule has 0 aliphatic rings. The summed E-state index contributed by atoms with van der Waals surface area (Å²) in [5.74, 6) is 1.76. The molecule has 2 N–H and O–H groups in total. The number of rotatable bonds is 6. The van der Waals surface area contributed by atoms with Crippen molar-refractivity contribution in [1.82, 2.24) is 20.5 Å². The third kappa shape index (κ3) is 4.02. The number of furan rings is 1. The Labute approximate surface area is 146 Å². The van der Waals surface area contributed by atoms with Crippen LogP contribution in [-0.4, -0.2) is 21.1 Å². The number of ether oxygens (including phenoxy) is 1. The third-order valence-electron chi connectivity index (χ3n) is 3.27. The minimum atomic E-state index is -0.325. The van der Waals surface area contributed by atoms with E-state index in [1.165, 1.54) is 6.33 Å². The number of aromatic amines is 1. The largest absolute Gasteiger partial charge is 0.486 e. The maximum absolute atomic E-state index is 12.2. The molecule has 3 aromatic rings. The Hall–Kier alpha value is -2.61. The SMILES string of the molecule is C[C@H](NC(=O)c1ccc(COc2ccc(Br)cc2)o1)c1ncn[nH]1. The molecule has 3 rings (SSSR count). The summed E-state index contributed by atoms with van der Waals surface area (Å²) in [4.78, 5) is 16.2. The lowest BCUT2D eigenvalue weighted by molar-refractivity contribution is 0.0906. The molecule has 0 fully saturated rings. The number of aromatic nitrogens is 3. The number of benzene rings is 1. The lowest BCUT2D eigenvalue weighted by atomic mass is 10.3. The molecule has 8 heteroatoms. The molecule has 2 aromatic heterocycles. The predicted octanol–water partition coefficient (Wildman–Crippen LogP) is 3.23. The number of halogens is 1. The molecule has 7 nitrogen and oxygen atoms in total. The fourth-order valence-electron chi connectivity index (χ4n) is 2.02. The van der Waals surface area contributed by atoms with Crippen LogP contribution in [0.1, 0.15) is 35.1 Å². The molecule has 0 saturated carbocycles. The Balaban J connectivity index is 1.56. The summed E-state index contributed by atoms with van der Waals surface area (Å²) >= 11 is 3.37. The number of nitrogens with one attached hydrogen (secondary N) is 2. The molecule has 124 valence electrons. The van der Waals surface area contributed by atoms with E-state index in [0.29, 0.717) is 11.6 Å². The number of amides is 1. The molecular formula is C16H15BrN4O3. The zero-order valence-electron chi connectivity index (χ0n) is 12.8. The van der Waals surface area contributed by atoms with E-state index in [-0.39, 0.29) is 24.3 Å². The number of nitrogens with zero attached hydrogens (tertiary/aromatic N) is 2. The second-order valence-electron chi connectivity index (χ2n) is 5.07. The van der Waals surface area contributed by atoms with Gasteiger partial charge < -0.3 is 14.5 Å². The van der Waals surface area contributed by atoms with Crippen LogP contribution in [0.4, 0.5) is 0 Å². The summed E-state index contributed by atoms with van der Waals surface area (Å²) in [6.07, 6.45) is 1.39. The highest BCUT2D eigenvalue weighted by molar-refractivity contribution is 9.10. The van der Waals surface area contributed by atoms with Gasteiger partial charge in [0.25, 0.3) is 5.91 Å². The van der Waals surface area contributed by atoms with Crippen molar-refractivity contribution in [3.8, 4) is 5.75 Å². The smallest absolute Gasteiger partial charge is 0.287 e. The molecule has 1 aromatic carbocycles. The Morgan fingerprint density at radius 1 is 1.33 bits per heavy atom. The highest BCUT2D eigenvalue weighted by Crippen LogP contribution is 2.18. The fourth-order valence-corrected chi connectivity index (χ4v) is 2.29. The average Bonchev–Trinajstić information content (AvgIpc) is 3.26. The lowest BCUT2D eigenvalue weighted by Crippen LogP contribution is -2.27. The minimum absolute atomic E-state index is 0.218. The van der Waals surface area contributed by atoms with E-state index >= 15 is 0 Å². The van der Waals surface area contributed by atoms with Crippen LogP contribution in [0, 0.1) is 0 Å². The first-order chi connectivity index (χ1) is 11.6. The molecular weight excluding hydrogens is 376 g/mol. The second-order valence-corrected chi connectivity index (χ2v) is 5.99. The number of carbonyl (C=O) groups excluding carboxylic acids is 1. The van der Waals surface area contributed by atoms with E-state index in [9.17, 15) is 4.79 Å². The summed E-state index contributed by atoms with van der Waals surface area (Å²) in [6, 6.07) is 10.5. The maximum atomic E-state index is 12.2. The van der Waals surface area contributed by atoms with Crippen LogP contribution >= 0.6 is 15.9 Å². The van der Waals surface area contributed by atoms with Gasteiger partial charge in [0.1, 0.15) is 30.3 Å². The van der Waals surface area contributed by atoms with Gasteiger partial charge in [-0.25, -0.2) is 4.98 Å². The van der Waals surface area contributed by atoms with Crippen LogP contribution in [0.5, 0.6) is 5.75 Å². The second kappa shape index (κ2) is 7.31. The molecule has 0 bridgehead atoms. The summed E-state index contributed by atoms with van der Waals surface area (Å²) in [7, 11) is 0. The molecule has 2 heterocycles. The van der Waals surface area contributed by atoms with Crippen molar-refractivity contribution in [1.29, 1.82) is 0 Å². The summed E-state index contributed by atoms with van der Waals surface area (Å²) in [5.41, 5.74) is 0. The summed E-state index contributed by atoms with van der Waals surface area (Å²) in [6.45, 7) is 2.05. The standard InChI is InChI=1S/C16H15BrN4O3/c1-10(15-18-9-19-21-15)20-16(22)14-7-6-13(24-14)8-23-12-4-2-11(17)3-5-12/h2-7,9-10H,8H2,1H3,(H,20,22)(H,18,19,21)/t10-/m0/s1. The van der Waals surface area contributed by atoms with Crippen molar-refractivity contribution in [3.63, 3.8) is 0 Å². The number of hydrogen-bond acceptors (Lipinski definition) is 5. The zero-order valence-corrected chi connectivity index (χ0v) is 14.4. The van der Waals surface area contributed by atoms with Crippen molar-refractivity contribution >= 4 is 21.8 Å². The quantitative estimate of drug-likeness (QED) is 0.673. The van der Waals surface area contributed by atoms with Gasteiger partial charge in [0, 0.05) is 4.47 Å². The molecule has 1 amide bonds. The van der Waals surface area contributed by atoms with E-state index in [1.54, 1.807) is 19.1 Å². The van der Waals surface area contributed by atoms with E-state index in [0.717, 1.165) is 10.2 Å². The van der Waals surface area contributed by atoms with E-state index < -0.39 is 0 Å². The molecule has 0 aliphatic carbocycles. The van der Waals surface area contributed by atoms with Gasteiger partial charge in [-0.15, -0.1) is 0 Å². The predicted molar refractivity (Wildman–Crippen MR) is 89.4 cm³/mol. The Kier molecular flexibility index (Phi) is 4.95. The first kappa shape index (κ1) is 16.3. The third-order valence-corrected chi connectivity index (χ3v) is 3.80. The van der Waals surface area contributed by atoms with Crippen LogP contribution in [-0.2, 0) is 6.61 Å². The van der Waals surface area contributed by atoms with Gasteiger partial charge in [0.15, 0.2) is 5.76 Å².